The Morgan fingerprint density at radius 2 is 2.00 bits per heavy atom. The van der Waals surface area contributed by atoms with Gasteiger partial charge < -0.3 is 9.47 Å². The van der Waals surface area contributed by atoms with E-state index in [1.54, 1.807) is 10.6 Å². The van der Waals surface area contributed by atoms with Crippen molar-refractivity contribution >= 4 is 5.91 Å². The van der Waals surface area contributed by atoms with Gasteiger partial charge >= 0.3 is 0 Å². The molecule has 0 N–H and O–H groups in total. The minimum absolute atomic E-state index is 0.0308. The predicted molar refractivity (Wildman–Crippen MR) is 75.1 cm³/mol. The van der Waals surface area contributed by atoms with Gasteiger partial charge in [-0.15, -0.1) is 0 Å². The van der Waals surface area contributed by atoms with E-state index < -0.39 is 0 Å². The second-order valence-corrected chi connectivity index (χ2v) is 5.39. The van der Waals surface area contributed by atoms with Gasteiger partial charge in [0.15, 0.2) is 0 Å². The first-order valence-electron chi connectivity index (χ1n) is 7.01. The van der Waals surface area contributed by atoms with Crippen molar-refractivity contribution in [3.8, 4) is 0 Å². The lowest BCUT2D eigenvalue weighted by molar-refractivity contribution is -0.133. The molecule has 1 heterocycles. The quantitative estimate of drug-likeness (QED) is 0.835. The molecule has 0 unspecified atom stereocenters. The smallest absolute Gasteiger partial charge is 0.251 e. The number of hydrogen-bond acceptors (Lipinski definition) is 2. The van der Waals surface area contributed by atoms with Crippen LogP contribution in [0.2, 0.25) is 0 Å². The number of hydrogen-bond donors (Lipinski definition) is 0. The van der Waals surface area contributed by atoms with Crippen LogP contribution in [0.3, 0.4) is 0 Å². The van der Waals surface area contributed by atoms with Gasteiger partial charge in [-0.25, -0.2) is 0 Å². The molecular weight excluding hydrogens is 240 g/mol. The summed E-state index contributed by atoms with van der Waals surface area (Å²) in [5, 5.41) is 0. The molecule has 0 atom stereocenters. The first-order chi connectivity index (χ1) is 9.09. The summed E-state index contributed by atoms with van der Waals surface area (Å²) in [5.41, 5.74) is 0.725. The summed E-state index contributed by atoms with van der Waals surface area (Å²) >= 11 is 0. The molecule has 0 spiro atoms. The molecule has 104 valence electrons. The highest BCUT2D eigenvalue weighted by atomic mass is 16.2. The lowest BCUT2D eigenvalue weighted by Gasteiger charge is -2.31. The summed E-state index contributed by atoms with van der Waals surface area (Å²) in [6.45, 7) is 2.01. The van der Waals surface area contributed by atoms with E-state index in [1.165, 1.54) is 25.3 Å². The lowest BCUT2D eigenvalue weighted by Crippen LogP contribution is -2.41. The van der Waals surface area contributed by atoms with E-state index in [-0.39, 0.29) is 18.0 Å². The van der Waals surface area contributed by atoms with E-state index in [1.807, 2.05) is 24.9 Å². The minimum atomic E-state index is -0.106. The molecule has 0 aliphatic heterocycles. The Balaban J connectivity index is 2.06. The van der Waals surface area contributed by atoms with Crippen LogP contribution in [0.5, 0.6) is 0 Å². The van der Waals surface area contributed by atoms with E-state index in [0.29, 0.717) is 6.04 Å². The number of amides is 1. The Kier molecular flexibility index (Phi) is 4.40. The van der Waals surface area contributed by atoms with Crippen LogP contribution in [-0.4, -0.2) is 28.5 Å². The summed E-state index contributed by atoms with van der Waals surface area (Å²) in [4.78, 5) is 25.9. The standard InChI is InChI=1S/C15H22N2O2/c1-12-7-6-10-14(18)17(12)11-15(19)16(2)13-8-4-3-5-9-13/h6-7,10,13H,3-5,8-9,11H2,1-2H3. The molecule has 19 heavy (non-hydrogen) atoms. The van der Waals surface area contributed by atoms with Crippen molar-refractivity contribution in [3.63, 3.8) is 0 Å². The first kappa shape index (κ1) is 13.8. The Hall–Kier alpha value is -1.58. The summed E-state index contributed by atoms with van der Waals surface area (Å²) in [7, 11) is 1.86. The summed E-state index contributed by atoms with van der Waals surface area (Å²) in [5.74, 6) is 0.0308. The summed E-state index contributed by atoms with van der Waals surface area (Å²) in [6, 6.07) is 5.43. The molecule has 0 aromatic carbocycles. The molecule has 1 amide bonds. The van der Waals surface area contributed by atoms with Crippen LogP contribution >= 0.6 is 0 Å². The van der Waals surface area contributed by atoms with Gasteiger partial charge in [0.05, 0.1) is 0 Å². The number of carbonyl (C=O) groups excluding carboxylic acids is 1. The molecule has 4 nitrogen and oxygen atoms in total. The fourth-order valence-corrected chi connectivity index (χ4v) is 2.74. The molecule has 0 bridgehead atoms. The first-order valence-corrected chi connectivity index (χ1v) is 7.01. The zero-order valence-corrected chi connectivity index (χ0v) is 11.8. The van der Waals surface area contributed by atoms with E-state index in [0.717, 1.165) is 18.5 Å². The van der Waals surface area contributed by atoms with Gasteiger partial charge in [0, 0.05) is 24.8 Å². The molecule has 1 aromatic rings. The molecular formula is C15H22N2O2. The second kappa shape index (κ2) is 6.04. The van der Waals surface area contributed by atoms with Crippen molar-refractivity contribution in [2.75, 3.05) is 7.05 Å². The molecule has 1 fully saturated rings. The molecule has 1 aliphatic carbocycles. The summed E-state index contributed by atoms with van der Waals surface area (Å²) in [6.07, 6.45) is 5.85. The number of aryl methyl sites for hydroxylation is 1. The largest absolute Gasteiger partial charge is 0.341 e. The van der Waals surface area contributed by atoms with Gasteiger partial charge in [-0.1, -0.05) is 25.3 Å². The van der Waals surface area contributed by atoms with Crippen LogP contribution in [0.15, 0.2) is 23.0 Å². The molecule has 1 aliphatic rings. The van der Waals surface area contributed by atoms with Crippen molar-refractivity contribution < 1.29 is 4.79 Å². The van der Waals surface area contributed by atoms with Crippen molar-refractivity contribution in [2.45, 2.75) is 51.6 Å². The Labute approximate surface area is 114 Å². The number of likely N-dealkylation sites (N-methyl/N-ethyl adjacent to an activating group) is 1. The Morgan fingerprint density at radius 1 is 1.32 bits per heavy atom. The zero-order chi connectivity index (χ0) is 13.8. The van der Waals surface area contributed by atoms with Crippen molar-refractivity contribution in [1.29, 1.82) is 0 Å². The fraction of sp³-hybridized carbons (Fsp3) is 0.600. The minimum Gasteiger partial charge on any atom is -0.341 e. The molecule has 0 radical (unpaired) electrons. The molecule has 1 saturated carbocycles. The third-order valence-electron chi connectivity index (χ3n) is 4.08. The van der Waals surface area contributed by atoms with E-state index in [4.69, 9.17) is 0 Å². The zero-order valence-electron chi connectivity index (χ0n) is 11.8. The second-order valence-electron chi connectivity index (χ2n) is 5.39. The van der Waals surface area contributed by atoms with Gasteiger partial charge in [-0.05, 0) is 25.8 Å². The molecule has 0 saturated heterocycles. The topological polar surface area (TPSA) is 42.3 Å². The monoisotopic (exact) mass is 262 g/mol. The maximum atomic E-state index is 12.3. The van der Waals surface area contributed by atoms with Crippen LogP contribution in [0.1, 0.15) is 37.8 Å². The SMILES string of the molecule is Cc1cccc(=O)n1CC(=O)N(C)C1CCCCC1. The fourth-order valence-electron chi connectivity index (χ4n) is 2.74. The Bertz CT molecular complexity index is 501. The van der Waals surface area contributed by atoms with Gasteiger partial charge in [0.2, 0.25) is 5.91 Å². The normalized spacial score (nSPS) is 16.3. The summed E-state index contributed by atoms with van der Waals surface area (Å²) < 4.78 is 1.54. The van der Waals surface area contributed by atoms with Crippen molar-refractivity contribution in [3.05, 3.63) is 34.2 Å². The predicted octanol–water partition coefficient (Wildman–Crippen LogP) is 1.95. The maximum Gasteiger partial charge on any atom is 0.251 e. The molecule has 1 aromatic heterocycles. The van der Waals surface area contributed by atoms with Gasteiger partial charge in [-0.2, -0.15) is 0 Å². The van der Waals surface area contributed by atoms with Crippen LogP contribution in [0.4, 0.5) is 0 Å². The van der Waals surface area contributed by atoms with Gasteiger partial charge in [0.1, 0.15) is 6.54 Å². The number of nitrogens with zero attached hydrogens (tertiary/aromatic N) is 2. The highest BCUT2D eigenvalue weighted by Gasteiger charge is 2.22. The third-order valence-corrected chi connectivity index (χ3v) is 4.08. The van der Waals surface area contributed by atoms with Crippen LogP contribution in [0, 0.1) is 6.92 Å². The van der Waals surface area contributed by atoms with Crippen molar-refractivity contribution in [1.82, 2.24) is 9.47 Å². The maximum absolute atomic E-state index is 12.3. The highest BCUT2D eigenvalue weighted by Crippen LogP contribution is 2.21. The number of carbonyl (C=O) groups is 1. The Morgan fingerprint density at radius 3 is 2.63 bits per heavy atom. The average Bonchev–Trinajstić information content (AvgIpc) is 2.43. The van der Waals surface area contributed by atoms with Crippen LogP contribution < -0.4 is 5.56 Å². The molecule has 4 heteroatoms. The van der Waals surface area contributed by atoms with Crippen LogP contribution in [-0.2, 0) is 11.3 Å². The van der Waals surface area contributed by atoms with Gasteiger partial charge in [-0.3, -0.25) is 9.59 Å². The van der Waals surface area contributed by atoms with E-state index >= 15 is 0 Å². The highest BCUT2D eigenvalue weighted by molar-refractivity contribution is 5.76. The van der Waals surface area contributed by atoms with Crippen molar-refractivity contribution in [2.24, 2.45) is 0 Å². The number of rotatable bonds is 3. The van der Waals surface area contributed by atoms with E-state index in [9.17, 15) is 9.59 Å². The van der Waals surface area contributed by atoms with Crippen LogP contribution in [0.25, 0.3) is 0 Å². The van der Waals surface area contributed by atoms with E-state index in [2.05, 4.69) is 0 Å². The average molecular weight is 262 g/mol. The number of aromatic nitrogens is 1. The third kappa shape index (κ3) is 3.25. The number of pyridine rings is 1. The lowest BCUT2D eigenvalue weighted by atomic mass is 9.94. The van der Waals surface area contributed by atoms with Gasteiger partial charge in [0.25, 0.3) is 5.56 Å². The molecule has 2 rings (SSSR count).